The van der Waals surface area contributed by atoms with Crippen molar-refractivity contribution < 1.29 is 57.4 Å². The minimum Gasteiger partial charge on any atom is -0.480 e. The molecule has 75 heavy (non-hydrogen) atoms. The maximum atomic E-state index is 15.1. The molecule has 9 atom stereocenters. The van der Waals surface area contributed by atoms with Gasteiger partial charge in [0.05, 0.1) is 25.6 Å². The topological polar surface area (TPSA) is 372 Å². The van der Waals surface area contributed by atoms with E-state index in [1.807, 2.05) is 12.1 Å². The third-order valence-corrected chi connectivity index (χ3v) is 12.5. The van der Waals surface area contributed by atoms with Gasteiger partial charge < -0.3 is 69.4 Å². The number of aromatic nitrogens is 1. The van der Waals surface area contributed by atoms with E-state index >= 15 is 4.39 Å². The Morgan fingerprint density at radius 1 is 0.733 bits per heavy atom. The van der Waals surface area contributed by atoms with Crippen LogP contribution in [0.1, 0.15) is 84.3 Å². The molecule has 15 N–H and O–H groups in total. The summed E-state index contributed by atoms with van der Waals surface area (Å²) in [5.41, 5.74) is 18.6. The average Bonchev–Trinajstić information content (AvgIpc) is 3.96. The number of likely N-dealkylation sites (tertiary alicyclic amines) is 1. The predicted octanol–water partition coefficient (Wildman–Crippen LogP) is -0.945. The number of nitrogens with one attached hydrogen (secondary N) is 8. The van der Waals surface area contributed by atoms with Gasteiger partial charge in [-0.3, -0.25) is 43.2 Å². The van der Waals surface area contributed by atoms with E-state index in [0.717, 1.165) is 15.8 Å². The summed E-state index contributed by atoms with van der Waals surface area (Å²) in [6.45, 7) is 7.39. The zero-order valence-corrected chi connectivity index (χ0v) is 43.0. The standard InChI is InChI=1S/C51H73FN12O11/c1-27(2)19-36(47(70)63-43(28(3)4)49(72)59-35(17-11-12-18-53)45(68)62-39(51(74)75)23-41(55)65)60-46(69)37(21-31-24-56-34-16-10-9-15-33(31)34)58-42(66)25-57-48(71)40-22-32(52)26-64(40)50(73)38(61-44(67)29(5)54)20-30-13-7-6-8-14-30/h6-10,13-16,24,27-29,32,35-40,43,56H,11-12,17-23,25-26,53-54H2,1-5H3,(H2,55,65)(H,57,71)(H,58,66)(H,59,72)(H,60,69)(H,61,67)(H,62,68)(H,63,70)(H,74,75)/t29-,32?,35-,36-,37-,38-,39-,40-,43-/m0/s1. The number of hydrogen-bond acceptors (Lipinski definition) is 12. The molecule has 2 aromatic carbocycles. The van der Waals surface area contributed by atoms with Gasteiger partial charge in [-0.05, 0) is 68.2 Å². The van der Waals surface area contributed by atoms with Crippen LogP contribution in [0.2, 0.25) is 0 Å². The SMILES string of the molecule is CC(C)C[C@H](NC(=O)[C@H](Cc1c[nH]c2ccccc12)NC(=O)CNC(=O)[C@@H]1CC(F)CN1C(=O)[C@H](Cc1ccccc1)NC(=O)[C@H](C)N)C(=O)N[C@H](C(=O)N[C@@H](CCCCN)C(=O)N[C@@H](CC(N)=O)C(=O)O)C(C)C. The molecule has 23 nitrogen and oxygen atoms in total. The first-order chi connectivity index (χ1) is 35.5. The number of carbonyl (C=O) groups is 10. The first-order valence-corrected chi connectivity index (χ1v) is 25.1. The highest BCUT2D eigenvalue weighted by molar-refractivity contribution is 5.98. The van der Waals surface area contributed by atoms with E-state index in [9.17, 15) is 53.1 Å². The van der Waals surface area contributed by atoms with Gasteiger partial charge in [-0.2, -0.15) is 0 Å². The second-order valence-corrected chi connectivity index (χ2v) is 19.6. The van der Waals surface area contributed by atoms with E-state index in [-0.39, 0.29) is 44.6 Å². The van der Waals surface area contributed by atoms with Crippen molar-refractivity contribution in [1.82, 2.24) is 47.1 Å². The number of para-hydroxylation sites is 1. The van der Waals surface area contributed by atoms with Gasteiger partial charge in [0.15, 0.2) is 0 Å². The number of halogens is 1. The van der Waals surface area contributed by atoms with Crippen molar-refractivity contribution in [2.75, 3.05) is 19.6 Å². The molecule has 4 rings (SSSR count). The lowest BCUT2D eigenvalue weighted by atomic mass is 9.98. The van der Waals surface area contributed by atoms with Crippen LogP contribution in [-0.4, -0.2) is 148 Å². The maximum absolute atomic E-state index is 15.1. The van der Waals surface area contributed by atoms with E-state index in [1.54, 1.807) is 76.4 Å². The number of fused-ring (bicyclic) bond motifs is 1. The molecule has 410 valence electrons. The first-order valence-electron chi connectivity index (χ1n) is 25.1. The Morgan fingerprint density at radius 2 is 1.35 bits per heavy atom. The number of benzene rings is 2. The van der Waals surface area contributed by atoms with Crippen molar-refractivity contribution in [2.45, 2.75) is 140 Å². The first kappa shape index (κ1) is 60.1. The number of hydrogen-bond donors (Lipinski definition) is 12. The minimum absolute atomic E-state index is 0.0196. The fraction of sp³-hybridized carbons (Fsp3) is 0.529. The Morgan fingerprint density at radius 3 is 1.97 bits per heavy atom. The third kappa shape index (κ3) is 18.5. The Labute approximate surface area is 434 Å². The maximum Gasteiger partial charge on any atom is 0.326 e. The lowest BCUT2D eigenvalue weighted by molar-refractivity contribution is -0.144. The van der Waals surface area contributed by atoms with Gasteiger partial charge in [0.25, 0.3) is 0 Å². The molecule has 2 heterocycles. The van der Waals surface area contributed by atoms with Crippen LogP contribution in [-0.2, 0) is 60.8 Å². The number of rotatable bonds is 29. The summed E-state index contributed by atoms with van der Waals surface area (Å²) in [5, 5.41) is 28.3. The van der Waals surface area contributed by atoms with E-state index in [2.05, 4.69) is 42.2 Å². The zero-order valence-electron chi connectivity index (χ0n) is 43.0. The van der Waals surface area contributed by atoms with Crippen LogP contribution in [0.25, 0.3) is 10.9 Å². The molecule has 1 aliphatic rings. The van der Waals surface area contributed by atoms with Gasteiger partial charge in [0.1, 0.15) is 48.5 Å². The van der Waals surface area contributed by atoms with Crippen LogP contribution in [0.4, 0.5) is 4.39 Å². The van der Waals surface area contributed by atoms with Crippen LogP contribution >= 0.6 is 0 Å². The number of aromatic amines is 1. The van der Waals surface area contributed by atoms with Gasteiger partial charge in [-0.15, -0.1) is 0 Å². The Kier molecular flexibility index (Phi) is 23.1. The van der Waals surface area contributed by atoms with Gasteiger partial charge >= 0.3 is 5.97 Å². The molecule has 1 aromatic heterocycles. The Bertz CT molecular complexity index is 2490. The molecule has 0 saturated carbocycles. The van der Waals surface area contributed by atoms with Gasteiger partial charge in [-0.25, -0.2) is 9.18 Å². The lowest BCUT2D eigenvalue weighted by Crippen LogP contribution is -2.60. The smallest absolute Gasteiger partial charge is 0.326 e. The lowest BCUT2D eigenvalue weighted by Gasteiger charge is -2.29. The molecule has 24 heteroatoms. The normalized spacial score (nSPS) is 17.1. The molecular formula is C51H73FN12O11. The number of nitrogens with two attached hydrogens (primary N) is 3. The number of aliphatic carboxylic acids is 1. The van der Waals surface area contributed by atoms with Crippen LogP contribution in [0.15, 0.2) is 60.8 Å². The molecule has 0 spiro atoms. The number of carboxylic acid groups (broad SMARTS) is 1. The fourth-order valence-electron chi connectivity index (χ4n) is 8.55. The molecule has 1 unspecified atom stereocenters. The molecule has 0 radical (unpaired) electrons. The molecule has 9 amide bonds. The van der Waals surface area contributed by atoms with Crippen molar-refractivity contribution in [2.24, 2.45) is 29.0 Å². The second-order valence-electron chi connectivity index (χ2n) is 19.6. The molecule has 1 saturated heterocycles. The number of H-pyrrole nitrogens is 1. The highest BCUT2D eigenvalue weighted by Crippen LogP contribution is 2.23. The van der Waals surface area contributed by atoms with Crippen LogP contribution < -0.4 is 54.4 Å². The van der Waals surface area contributed by atoms with Crippen molar-refractivity contribution in [3.05, 3.63) is 71.9 Å². The number of nitrogens with zero attached hydrogens (tertiary/aromatic N) is 1. The van der Waals surface area contributed by atoms with E-state index in [1.165, 1.54) is 6.92 Å². The van der Waals surface area contributed by atoms with Gasteiger partial charge in [0, 0.05) is 36.4 Å². The quantitative estimate of drug-likeness (QED) is 0.0374. The van der Waals surface area contributed by atoms with E-state index in [0.29, 0.717) is 24.0 Å². The number of carbonyl (C=O) groups excluding carboxylic acids is 9. The number of amides is 9. The molecule has 1 aliphatic heterocycles. The fourth-order valence-corrected chi connectivity index (χ4v) is 8.55. The third-order valence-electron chi connectivity index (χ3n) is 12.5. The average molecular weight is 1050 g/mol. The number of unbranched alkanes of at least 4 members (excludes halogenated alkanes) is 1. The van der Waals surface area contributed by atoms with E-state index < -0.39 is 139 Å². The second kappa shape index (κ2) is 28.8. The summed E-state index contributed by atoms with van der Waals surface area (Å²) in [4.78, 5) is 138. The zero-order chi connectivity index (χ0) is 55.5. The largest absolute Gasteiger partial charge is 0.480 e. The van der Waals surface area contributed by atoms with Crippen molar-refractivity contribution in [1.29, 1.82) is 0 Å². The molecule has 0 aliphatic carbocycles. The van der Waals surface area contributed by atoms with Gasteiger partial charge in [0.2, 0.25) is 53.2 Å². The van der Waals surface area contributed by atoms with Crippen LogP contribution in [0.3, 0.4) is 0 Å². The van der Waals surface area contributed by atoms with E-state index in [4.69, 9.17) is 17.2 Å². The van der Waals surface area contributed by atoms with Crippen molar-refractivity contribution >= 4 is 70.0 Å². The molecule has 1 fully saturated rings. The Balaban J connectivity index is 1.53. The van der Waals surface area contributed by atoms with Gasteiger partial charge in [-0.1, -0.05) is 76.2 Å². The number of alkyl halides is 1. The number of primary amides is 1. The van der Waals surface area contributed by atoms with Crippen molar-refractivity contribution in [3.63, 3.8) is 0 Å². The highest BCUT2D eigenvalue weighted by Gasteiger charge is 2.43. The number of carboxylic acids is 1. The van der Waals surface area contributed by atoms with Crippen molar-refractivity contribution in [3.8, 4) is 0 Å². The summed E-state index contributed by atoms with van der Waals surface area (Å²) in [5.74, 6) is -9.68. The summed E-state index contributed by atoms with van der Waals surface area (Å²) in [6.07, 6.45) is -0.242. The van der Waals surface area contributed by atoms with Crippen LogP contribution in [0, 0.1) is 11.8 Å². The summed E-state index contributed by atoms with van der Waals surface area (Å²) in [7, 11) is 0. The monoisotopic (exact) mass is 1050 g/mol. The predicted molar refractivity (Wildman–Crippen MR) is 274 cm³/mol. The summed E-state index contributed by atoms with van der Waals surface area (Å²) < 4.78 is 15.1. The molecule has 3 aromatic rings. The highest BCUT2D eigenvalue weighted by atomic mass is 19.1. The summed E-state index contributed by atoms with van der Waals surface area (Å²) >= 11 is 0. The molecular weight excluding hydrogens is 976 g/mol. The molecule has 0 bridgehead atoms. The summed E-state index contributed by atoms with van der Waals surface area (Å²) in [6, 6.07) is 5.50. The Hall–Kier alpha value is -7.47. The van der Waals surface area contributed by atoms with Crippen LogP contribution in [0.5, 0.6) is 0 Å². The minimum atomic E-state index is -1.67.